The van der Waals surface area contributed by atoms with Gasteiger partial charge >= 0.3 is 0 Å². The molecule has 3 aromatic rings. The number of ether oxygens (including phenoxy) is 1. The normalized spacial score (nSPS) is 16.1. The molecular formula is C21H28N6O. The van der Waals surface area contributed by atoms with Gasteiger partial charge in [0, 0.05) is 37.9 Å². The van der Waals surface area contributed by atoms with Crippen molar-refractivity contribution in [1.29, 1.82) is 0 Å². The SMILES string of the molecule is Cn1ncc2c(N3CCC(OCc4cccnc4)CC3)nc(C(C)(C)C)nc21. The topological polar surface area (TPSA) is 69.0 Å². The average molecular weight is 380 g/mol. The predicted molar refractivity (Wildman–Crippen MR) is 109 cm³/mol. The lowest BCUT2D eigenvalue weighted by Gasteiger charge is -2.33. The van der Waals surface area contributed by atoms with Gasteiger partial charge in [0.25, 0.3) is 0 Å². The van der Waals surface area contributed by atoms with Crippen molar-refractivity contribution in [3.05, 3.63) is 42.1 Å². The molecule has 4 heterocycles. The third kappa shape index (κ3) is 3.85. The van der Waals surface area contributed by atoms with Crippen LogP contribution in [0.25, 0.3) is 11.0 Å². The molecule has 4 rings (SSSR count). The van der Waals surface area contributed by atoms with E-state index in [0.29, 0.717) is 6.61 Å². The highest BCUT2D eigenvalue weighted by Crippen LogP contribution is 2.30. The summed E-state index contributed by atoms with van der Waals surface area (Å²) < 4.78 is 7.94. The standard InChI is InChI=1S/C21H28N6O/c1-21(2,3)20-24-18-17(13-23-26(18)4)19(25-20)27-10-7-16(8-11-27)28-14-15-6-5-9-22-12-15/h5-6,9,12-13,16H,7-8,10-11,14H2,1-4H3. The van der Waals surface area contributed by atoms with Gasteiger partial charge < -0.3 is 9.64 Å². The molecule has 1 saturated heterocycles. The molecular weight excluding hydrogens is 352 g/mol. The Kier molecular flexibility index (Phi) is 5.02. The first kappa shape index (κ1) is 18.8. The molecule has 1 aliphatic heterocycles. The molecule has 0 amide bonds. The van der Waals surface area contributed by atoms with Crippen molar-refractivity contribution in [2.24, 2.45) is 7.05 Å². The lowest BCUT2D eigenvalue weighted by Crippen LogP contribution is -2.38. The quantitative estimate of drug-likeness (QED) is 0.692. The third-order valence-corrected chi connectivity index (χ3v) is 5.19. The van der Waals surface area contributed by atoms with E-state index in [9.17, 15) is 0 Å². The summed E-state index contributed by atoms with van der Waals surface area (Å²) in [5.74, 6) is 1.85. The first-order valence-electron chi connectivity index (χ1n) is 9.87. The lowest BCUT2D eigenvalue weighted by molar-refractivity contribution is 0.0249. The van der Waals surface area contributed by atoms with Gasteiger partial charge in [-0.15, -0.1) is 0 Å². The number of fused-ring (bicyclic) bond motifs is 1. The first-order valence-corrected chi connectivity index (χ1v) is 9.87. The van der Waals surface area contributed by atoms with Gasteiger partial charge in [-0.3, -0.25) is 9.67 Å². The Balaban J connectivity index is 1.49. The van der Waals surface area contributed by atoms with Crippen LogP contribution in [0.4, 0.5) is 5.82 Å². The minimum absolute atomic E-state index is 0.113. The van der Waals surface area contributed by atoms with Crippen LogP contribution in [0.1, 0.15) is 45.0 Å². The molecule has 0 N–H and O–H groups in total. The summed E-state index contributed by atoms with van der Waals surface area (Å²) in [6, 6.07) is 4.00. The van der Waals surface area contributed by atoms with E-state index in [4.69, 9.17) is 14.7 Å². The molecule has 0 saturated carbocycles. The van der Waals surface area contributed by atoms with Gasteiger partial charge in [-0.25, -0.2) is 9.97 Å². The molecule has 1 aliphatic rings. The van der Waals surface area contributed by atoms with Gasteiger partial charge in [0.15, 0.2) is 5.65 Å². The maximum Gasteiger partial charge on any atom is 0.163 e. The van der Waals surface area contributed by atoms with Crippen molar-refractivity contribution in [2.75, 3.05) is 18.0 Å². The van der Waals surface area contributed by atoms with E-state index < -0.39 is 0 Å². The molecule has 3 aromatic heterocycles. The monoisotopic (exact) mass is 380 g/mol. The van der Waals surface area contributed by atoms with Gasteiger partial charge in [-0.05, 0) is 24.5 Å². The van der Waals surface area contributed by atoms with E-state index in [-0.39, 0.29) is 11.5 Å². The molecule has 1 fully saturated rings. The van der Waals surface area contributed by atoms with Crippen LogP contribution < -0.4 is 4.90 Å². The molecule has 0 aromatic carbocycles. The van der Waals surface area contributed by atoms with Crippen LogP contribution in [0.3, 0.4) is 0 Å². The number of aromatic nitrogens is 5. The molecule has 7 heteroatoms. The summed E-state index contributed by atoms with van der Waals surface area (Å²) in [6.45, 7) is 8.89. The highest BCUT2D eigenvalue weighted by atomic mass is 16.5. The minimum atomic E-state index is -0.113. The van der Waals surface area contributed by atoms with E-state index in [2.05, 4.69) is 41.8 Å². The fourth-order valence-electron chi connectivity index (χ4n) is 3.52. The highest BCUT2D eigenvalue weighted by Gasteiger charge is 2.26. The Morgan fingerprint density at radius 3 is 2.61 bits per heavy atom. The number of nitrogens with zero attached hydrogens (tertiary/aromatic N) is 6. The largest absolute Gasteiger partial charge is 0.373 e. The molecule has 0 bridgehead atoms. The van der Waals surface area contributed by atoms with Gasteiger partial charge in [0.05, 0.1) is 24.3 Å². The van der Waals surface area contributed by atoms with Crippen molar-refractivity contribution in [1.82, 2.24) is 24.7 Å². The van der Waals surface area contributed by atoms with E-state index in [1.807, 2.05) is 30.2 Å². The van der Waals surface area contributed by atoms with Crippen molar-refractivity contribution < 1.29 is 4.74 Å². The number of anilines is 1. The Labute approximate surface area is 165 Å². The third-order valence-electron chi connectivity index (χ3n) is 5.19. The fraction of sp³-hybridized carbons (Fsp3) is 0.524. The van der Waals surface area contributed by atoms with Crippen LogP contribution in [0.5, 0.6) is 0 Å². The Morgan fingerprint density at radius 2 is 1.93 bits per heavy atom. The van der Waals surface area contributed by atoms with E-state index in [1.165, 1.54) is 0 Å². The zero-order valence-corrected chi connectivity index (χ0v) is 17.1. The maximum absolute atomic E-state index is 6.11. The number of aryl methyl sites for hydroxylation is 1. The molecule has 0 unspecified atom stereocenters. The highest BCUT2D eigenvalue weighted by molar-refractivity contribution is 5.87. The van der Waals surface area contributed by atoms with Crippen LogP contribution in [0, 0.1) is 0 Å². The van der Waals surface area contributed by atoms with Crippen LogP contribution in [-0.2, 0) is 23.8 Å². The zero-order chi connectivity index (χ0) is 19.7. The van der Waals surface area contributed by atoms with Crippen LogP contribution in [0.15, 0.2) is 30.7 Å². The number of hydrogen-bond acceptors (Lipinski definition) is 6. The molecule has 28 heavy (non-hydrogen) atoms. The average Bonchev–Trinajstić information content (AvgIpc) is 3.07. The van der Waals surface area contributed by atoms with Crippen molar-refractivity contribution in [3.63, 3.8) is 0 Å². The van der Waals surface area contributed by atoms with Crippen molar-refractivity contribution >= 4 is 16.9 Å². The van der Waals surface area contributed by atoms with E-state index >= 15 is 0 Å². The number of rotatable bonds is 4. The summed E-state index contributed by atoms with van der Waals surface area (Å²) in [6.07, 6.45) is 7.76. The van der Waals surface area contributed by atoms with Gasteiger partial charge in [0.2, 0.25) is 0 Å². The number of piperidine rings is 1. The van der Waals surface area contributed by atoms with Gasteiger partial charge in [-0.2, -0.15) is 5.10 Å². The molecule has 7 nitrogen and oxygen atoms in total. The molecule has 0 radical (unpaired) electrons. The second-order valence-corrected chi connectivity index (χ2v) is 8.48. The summed E-state index contributed by atoms with van der Waals surface area (Å²) in [5, 5.41) is 5.43. The zero-order valence-electron chi connectivity index (χ0n) is 17.1. The van der Waals surface area contributed by atoms with E-state index in [1.54, 1.807) is 6.20 Å². The van der Waals surface area contributed by atoms with Gasteiger partial charge in [-0.1, -0.05) is 26.8 Å². The Bertz CT molecular complexity index is 939. The number of hydrogen-bond donors (Lipinski definition) is 0. The predicted octanol–water partition coefficient (Wildman–Crippen LogP) is 3.24. The Hall–Kier alpha value is -2.54. The molecule has 0 spiro atoms. The summed E-state index contributed by atoms with van der Waals surface area (Å²) >= 11 is 0. The van der Waals surface area contributed by atoms with Crippen molar-refractivity contribution in [2.45, 2.75) is 51.7 Å². The smallest absolute Gasteiger partial charge is 0.163 e. The summed E-state index contributed by atoms with van der Waals surface area (Å²) in [4.78, 5) is 16.2. The summed E-state index contributed by atoms with van der Waals surface area (Å²) in [7, 11) is 1.93. The van der Waals surface area contributed by atoms with Gasteiger partial charge in [0.1, 0.15) is 11.6 Å². The second-order valence-electron chi connectivity index (χ2n) is 8.48. The lowest BCUT2D eigenvalue weighted by atomic mass is 9.95. The fourth-order valence-corrected chi connectivity index (χ4v) is 3.52. The Morgan fingerprint density at radius 1 is 1.14 bits per heavy atom. The summed E-state index contributed by atoms with van der Waals surface area (Å²) in [5.41, 5.74) is 1.90. The van der Waals surface area contributed by atoms with Crippen LogP contribution in [-0.4, -0.2) is 43.9 Å². The van der Waals surface area contributed by atoms with E-state index in [0.717, 1.165) is 54.2 Å². The minimum Gasteiger partial charge on any atom is -0.373 e. The molecule has 0 aliphatic carbocycles. The van der Waals surface area contributed by atoms with Crippen LogP contribution in [0.2, 0.25) is 0 Å². The first-order chi connectivity index (χ1) is 13.4. The molecule has 0 atom stereocenters. The van der Waals surface area contributed by atoms with Crippen LogP contribution >= 0.6 is 0 Å². The molecule has 148 valence electrons. The second kappa shape index (κ2) is 7.47. The van der Waals surface area contributed by atoms with Crippen molar-refractivity contribution in [3.8, 4) is 0 Å². The number of pyridine rings is 1. The maximum atomic E-state index is 6.11.